The van der Waals surface area contributed by atoms with Gasteiger partial charge in [-0.3, -0.25) is 4.79 Å². The van der Waals surface area contributed by atoms with Crippen LogP contribution in [0.3, 0.4) is 0 Å². The Morgan fingerprint density at radius 2 is 1.62 bits per heavy atom. The molecule has 0 aliphatic heterocycles. The maximum Gasteiger partial charge on any atom is 0.372 e. The maximum atomic E-state index is 10.7. The van der Waals surface area contributed by atoms with Crippen LogP contribution in [0.2, 0.25) is 0 Å². The minimum atomic E-state index is -1.33. The summed E-state index contributed by atoms with van der Waals surface area (Å²) in [6.45, 7) is 3.92. The molecule has 7 heteroatoms. The number of carbonyl (C=O) groups excluding carboxylic acids is 1. The summed E-state index contributed by atoms with van der Waals surface area (Å²) in [6, 6.07) is 9.78. The van der Waals surface area contributed by atoms with Gasteiger partial charge >= 0.3 is 11.9 Å². The summed E-state index contributed by atoms with van der Waals surface area (Å²) in [7, 11) is 0. The highest BCUT2D eigenvalue weighted by molar-refractivity contribution is 6.35. The lowest BCUT2D eigenvalue weighted by atomic mass is 10.2. The van der Waals surface area contributed by atoms with Crippen molar-refractivity contribution in [3.8, 4) is 0 Å². The quantitative estimate of drug-likeness (QED) is 0.285. The number of benzene rings is 1. The van der Waals surface area contributed by atoms with Gasteiger partial charge in [0.05, 0.1) is 0 Å². The summed E-state index contributed by atoms with van der Waals surface area (Å²) in [5.74, 6) is -3.05. The fraction of sp³-hybridized carbons (Fsp3) is 0.368. The van der Waals surface area contributed by atoms with E-state index in [0.717, 1.165) is 12.0 Å². The van der Waals surface area contributed by atoms with Gasteiger partial charge in [-0.2, -0.15) is 0 Å². The number of hydrogen-bond donors (Lipinski definition) is 2. The maximum absolute atomic E-state index is 10.7. The Labute approximate surface area is 153 Å². The molecule has 0 amide bonds. The van der Waals surface area contributed by atoms with E-state index in [1.807, 2.05) is 43.3 Å². The second kappa shape index (κ2) is 14.4. The molecule has 0 radical (unpaired) electrons. The molecular formula is C19H25NO6. The number of carboxylic acid groups (broad SMARTS) is 2. The van der Waals surface area contributed by atoms with Gasteiger partial charge in [0.25, 0.3) is 0 Å². The highest BCUT2D eigenvalue weighted by atomic mass is 16.6. The molecule has 0 unspecified atom stereocenters. The van der Waals surface area contributed by atoms with Gasteiger partial charge in [-0.1, -0.05) is 61.8 Å². The van der Waals surface area contributed by atoms with Gasteiger partial charge < -0.3 is 15.1 Å². The van der Waals surface area contributed by atoms with E-state index in [9.17, 15) is 14.4 Å². The van der Waals surface area contributed by atoms with Crippen molar-refractivity contribution in [3.05, 3.63) is 42.0 Å². The first-order chi connectivity index (χ1) is 12.4. The number of Topliss-reactive ketones (excluding diaryl/α,β-unsaturated/α-hetero) is 1. The number of oxime groups is 1. The molecule has 0 aromatic heterocycles. The molecule has 0 heterocycles. The predicted molar refractivity (Wildman–Crippen MR) is 99.0 cm³/mol. The predicted octanol–water partition coefficient (Wildman–Crippen LogP) is 3.40. The molecule has 1 rings (SSSR count). The number of hydrogen-bond acceptors (Lipinski definition) is 5. The third kappa shape index (κ3) is 11.6. The molecule has 1 aromatic rings. The van der Waals surface area contributed by atoms with Crippen LogP contribution in [0.15, 0.2) is 41.6 Å². The minimum absolute atomic E-state index is 0.0608. The average molecular weight is 363 g/mol. The van der Waals surface area contributed by atoms with E-state index in [1.165, 1.54) is 0 Å². The van der Waals surface area contributed by atoms with Gasteiger partial charge in [0.1, 0.15) is 6.61 Å². The largest absolute Gasteiger partial charge is 0.477 e. The molecule has 7 nitrogen and oxygen atoms in total. The van der Waals surface area contributed by atoms with Crippen molar-refractivity contribution in [2.45, 2.75) is 39.5 Å². The molecule has 0 fully saturated rings. The fourth-order valence-corrected chi connectivity index (χ4v) is 1.67. The van der Waals surface area contributed by atoms with Gasteiger partial charge in [0.15, 0.2) is 5.71 Å². The van der Waals surface area contributed by atoms with E-state index in [2.05, 4.69) is 5.16 Å². The molecule has 1 aromatic carbocycles. The monoisotopic (exact) mass is 363 g/mol. The van der Waals surface area contributed by atoms with Crippen molar-refractivity contribution in [2.24, 2.45) is 5.16 Å². The third-order valence-electron chi connectivity index (χ3n) is 2.90. The van der Waals surface area contributed by atoms with E-state index in [0.29, 0.717) is 12.8 Å². The van der Waals surface area contributed by atoms with Gasteiger partial charge in [0, 0.05) is 12.8 Å². The lowest BCUT2D eigenvalue weighted by Crippen LogP contribution is -2.13. The zero-order valence-electron chi connectivity index (χ0n) is 15.1. The highest BCUT2D eigenvalue weighted by Gasteiger charge is 2.08. The molecule has 2 N–H and O–H groups in total. The van der Waals surface area contributed by atoms with Crippen molar-refractivity contribution >= 4 is 29.5 Å². The first kappa shape index (κ1) is 23.0. The molecule has 0 saturated carbocycles. The van der Waals surface area contributed by atoms with Gasteiger partial charge in [-0.15, -0.1) is 0 Å². The summed E-state index contributed by atoms with van der Waals surface area (Å²) in [5.41, 5.74) is 1.13. The van der Waals surface area contributed by atoms with Crippen LogP contribution in [0, 0.1) is 0 Å². The van der Waals surface area contributed by atoms with E-state index in [4.69, 9.17) is 15.1 Å². The molecule has 0 aliphatic rings. The van der Waals surface area contributed by atoms with Gasteiger partial charge in [-0.25, -0.2) is 9.59 Å². The summed E-state index contributed by atoms with van der Waals surface area (Å²) >= 11 is 0. The summed E-state index contributed by atoms with van der Waals surface area (Å²) in [5, 5.41) is 20.4. The van der Waals surface area contributed by atoms with E-state index < -0.39 is 17.7 Å². The van der Waals surface area contributed by atoms with E-state index in [1.54, 1.807) is 13.0 Å². The molecule has 0 aliphatic carbocycles. The number of aliphatic carboxylic acids is 2. The molecular weight excluding hydrogens is 338 g/mol. The van der Waals surface area contributed by atoms with Crippen LogP contribution in [0.4, 0.5) is 0 Å². The summed E-state index contributed by atoms with van der Waals surface area (Å²) in [4.78, 5) is 35.6. The van der Waals surface area contributed by atoms with Crippen LogP contribution in [0.1, 0.15) is 45.1 Å². The van der Waals surface area contributed by atoms with Crippen molar-refractivity contribution in [1.82, 2.24) is 0 Å². The fourth-order valence-electron chi connectivity index (χ4n) is 1.67. The Hall–Kier alpha value is -2.96. The van der Waals surface area contributed by atoms with Gasteiger partial charge in [-0.05, 0) is 18.1 Å². The van der Waals surface area contributed by atoms with Crippen LogP contribution >= 0.6 is 0 Å². The standard InChI is InChI=1S/C14H17NO3.C5H8O3/c1-2-7-13(14(16)17)15-18-11-6-10-12-8-4-3-5-9-12;1-2-3-4(6)5(7)8/h3-6,8-10H,2,7,11H2,1H3,(H,16,17);2-3H2,1H3,(H,7,8). The SMILES string of the molecule is CCCC(=NOCC=Cc1ccccc1)C(=O)O.CCCC(=O)C(=O)O. The highest BCUT2D eigenvalue weighted by Crippen LogP contribution is 2.01. The molecule has 26 heavy (non-hydrogen) atoms. The number of rotatable bonds is 10. The summed E-state index contributed by atoms with van der Waals surface area (Å²) in [6.07, 6.45) is 5.59. The third-order valence-corrected chi connectivity index (χ3v) is 2.90. The molecule has 142 valence electrons. The Morgan fingerprint density at radius 3 is 2.08 bits per heavy atom. The minimum Gasteiger partial charge on any atom is -0.477 e. The number of carbonyl (C=O) groups is 3. The Kier molecular flexibility index (Phi) is 12.8. The smallest absolute Gasteiger partial charge is 0.372 e. The lowest BCUT2D eigenvalue weighted by Gasteiger charge is -1.98. The average Bonchev–Trinajstić information content (AvgIpc) is 2.62. The normalized spacial score (nSPS) is 10.8. The van der Waals surface area contributed by atoms with Crippen LogP contribution in [0.25, 0.3) is 6.08 Å². The Bertz CT molecular complexity index is 622. The van der Waals surface area contributed by atoms with Crippen LogP contribution < -0.4 is 0 Å². The zero-order chi connectivity index (χ0) is 19.8. The number of nitrogens with zero attached hydrogens (tertiary/aromatic N) is 1. The van der Waals surface area contributed by atoms with Crippen molar-refractivity contribution < 1.29 is 29.4 Å². The Morgan fingerprint density at radius 1 is 1.00 bits per heavy atom. The second-order valence-electron chi connectivity index (χ2n) is 5.18. The lowest BCUT2D eigenvalue weighted by molar-refractivity contribution is -0.149. The molecule has 0 spiro atoms. The van der Waals surface area contributed by atoms with Crippen LogP contribution in [0.5, 0.6) is 0 Å². The first-order valence-electron chi connectivity index (χ1n) is 8.32. The number of carboxylic acids is 2. The molecule has 0 bridgehead atoms. The molecule has 0 atom stereocenters. The second-order valence-corrected chi connectivity index (χ2v) is 5.18. The van der Waals surface area contributed by atoms with Crippen LogP contribution in [-0.4, -0.2) is 40.3 Å². The van der Waals surface area contributed by atoms with Crippen molar-refractivity contribution in [1.29, 1.82) is 0 Å². The molecule has 0 saturated heterocycles. The Balaban J connectivity index is 0.000000660. The number of ketones is 1. The topological polar surface area (TPSA) is 113 Å². The zero-order valence-corrected chi connectivity index (χ0v) is 15.1. The summed E-state index contributed by atoms with van der Waals surface area (Å²) < 4.78 is 0. The van der Waals surface area contributed by atoms with Crippen molar-refractivity contribution in [2.75, 3.05) is 6.61 Å². The first-order valence-corrected chi connectivity index (χ1v) is 8.32. The van der Waals surface area contributed by atoms with Gasteiger partial charge in [0.2, 0.25) is 5.78 Å². The van der Waals surface area contributed by atoms with E-state index >= 15 is 0 Å². The van der Waals surface area contributed by atoms with E-state index in [-0.39, 0.29) is 18.7 Å². The van der Waals surface area contributed by atoms with Crippen LogP contribution in [-0.2, 0) is 19.2 Å². The van der Waals surface area contributed by atoms with Crippen molar-refractivity contribution in [3.63, 3.8) is 0 Å².